The van der Waals surface area contributed by atoms with Crippen LogP contribution in [0.25, 0.3) is 0 Å². The molecule has 2 N–H and O–H groups in total. The zero-order chi connectivity index (χ0) is 14.8. The SMILES string of the molecule is CCCC1(CCC)CC(N)(c2ccc(C)c(OC)c2)C1. The Morgan fingerprint density at radius 2 is 1.75 bits per heavy atom. The molecule has 2 rings (SSSR count). The van der Waals surface area contributed by atoms with Crippen molar-refractivity contribution in [3.63, 3.8) is 0 Å². The van der Waals surface area contributed by atoms with Gasteiger partial charge in [-0.05, 0) is 55.2 Å². The Morgan fingerprint density at radius 1 is 1.15 bits per heavy atom. The summed E-state index contributed by atoms with van der Waals surface area (Å²) in [7, 11) is 1.73. The minimum absolute atomic E-state index is 0.147. The highest BCUT2D eigenvalue weighted by molar-refractivity contribution is 5.41. The average Bonchev–Trinajstić information content (AvgIpc) is 2.38. The lowest BCUT2D eigenvalue weighted by molar-refractivity contribution is 0.00612. The van der Waals surface area contributed by atoms with Gasteiger partial charge in [-0.25, -0.2) is 0 Å². The normalized spacial score (nSPS) is 19.4. The van der Waals surface area contributed by atoms with Crippen molar-refractivity contribution >= 4 is 0 Å². The van der Waals surface area contributed by atoms with Gasteiger partial charge < -0.3 is 10.5 Å². The van der Waals surface area contributed by atoms with E-state index in [1.807, 2.05) is 0 Å². The lowest BCUT2D eigenvalue weighted by atomic mass is 9.52. The Hall–Kier alpha value is -1.02. The second kappa shape index (κ2) is 5.77. The fraction of sp³-hybridized carbons (Fsp3) is 0.667. The lowest BCUT2D eigenvalue weighted by Crippen LogP contribution is -2.55. The summed E-state index contributed by atoms with van der Waals surface area (Å²) < 4.78 is 5.44. The third-order valence-electron chi connectivity index (χ3n) is 4.92. The monoisotopic (exact) mass is 275 g/mol. The van der Waals surface area contributed by atoms with Crippen LogP contribution in [0.15, 0.2) is 18.2 Å². The number of methoxy groups -OCH3 is 1. The molecule has 1 aliphatic carbocycles. The molecule has 0 saturated heterocycles. The van der Waals surface area contributed by atoms with Gasteiger partial charge in [0.1, 0.15) is 5.75 Å². The molecule has 0 radical (unpaired) electrons. The van der Waals surface area contributed by atoms with Gasteiger partial charge in [-0.2, -0.15) is 0 Å². The Morgan fingerprint density at radius 3 is 2.25 bits per heavy atom. The smallest absolute Gasteiger partial charge is 0.122 e. The van der Waals surface area contributed by atoms with Crippen molar-refractivity contribution in [2.75, 3.05) is 7.11 Å². The van der Waals surface area contributed by atoms with Crippen molar-refractivity contribution in [1.29, 1.82) is 0 Å². The van der Waals surface area contributed by atoms with Crippen LogP contribution in [-0.4, -0.2) is 7.11 Å². The van der Waals surface area contributed by atoms with E-state index in [1.54, 1.807) is 7.11 Å². The van der Waals surface area contributed by atoms with Crippen LogP contribution in [0.4, 0.5) is 0 Å². The molecule has 1 aliphatic rings. The molecule has 0 heterocycles. The van der Waals surface area contributed by atoms with Crippen molar-refractivity contribution < 1.29 is 4.74 Å². The van der Waals surface area contributed by atoms with Crippen molar-refractivity contribution in [3.8, 4) is 5.75 Å². The van der Waals surface area contributed by atoms with Crippen LogP contribution in [0, 0.1) is 12.3 Å². The van der Waals surface area contributed by atoms with Crippen LogP contribution in [-0.2, 0) is 5.54 Å². The molecule has 0 aliphatic heterocycles. The van der Waals surface area contributed by atoms with Gasteiger partial charge in [0.25, 0.3) is 0 Å². The molecule has 2 heteroatoms. The Balaban J connectivity index is 2.18. The summed E-state index contributed by atoms with van der Waals surface area (Å²) in [6.45, 7) is 6.64. The quantitative estimate of drug-likeness (QED) is 0.827. The third kappa shape index (κ3) is 2.71. The van der Waals surface area contributed by atoms with Gasteiger partial charge in [-0.3, -0.25) is 0 Å². The van der Waals surface area contributed by atoms with Gasteiger partial charge in [0.2, 0.25) is 0 Å². The maximum absolute atomic E-state index is 6.68. The molecule has 2 nitrogen and oxygen atoms in total. The lowest BCUT2D eigenvalue weighted by Gasteiger charge is -2.55. The molecule has 20 heavy (non-hydrogen) atoms. The van der Waals surface area contributed by atoms with Crippen molar-refractivity contribution in [1.82, 2.24) is 0 Å². The fourth-order valence-electron chi connectivity index (χ4n) is 4.16. The highest BCUT2D eigenvalue weighted by Crippen LogP contribution is 2.57. The molecule has 0 aromatic heterocycles. The molecular formula is C18H29NO. The minimum Gasteiger partial charge on any atom is -0.496 e. The zero-order valence-corrected chi connectivity index (χ0v) is 13.5. The summed E-state index contributed by atoms with van der Waals surface area (Å²) >= 11 is 0. The highest BCUT2D eigenvalue weighted by Gasteiger charge is 2.51. The van der Waals surface area contributed by atoms with E-state index < -0.39 is 0 Å². The summed E-state index contributed by atoms with van der Waals surface area (Å²) in [5.41, 5.74) is 9.43. The predicted octanol–water partition coefficient (Wildman–Crippen LogP) is 4.54. The van der Waals surface area contributed by atoms with E-state index in [-0.39, 0.29) is 5.54 Å². The minimum atomic E-state index is -0.147. The van der Waals surface area contributed by atoms with Gasteiger partial charge in [-0.1, -0.05) is 38.8 Å². The Bertz CT molecular complexity index is 452. The highest BCUT2D eigenvalue weighted by atomic mass is 16.5. The van der Waals surface area contributed by atoms with Crippen LogP contribution in [0.5, 0.6) is 5.75 Å². The summed E-state index contributed by atoms with van der Waals surface area (Å²) in [4.78, 5) is 0. The van der Waals surface area contributed by atoms with Crippen molar-refractivity contribution in [3.05, 3.63) is 29.3 Å². The van der Waals surface area contributed by atoms with E-state index in [9.17, 15) is 0 Å². The van der Waals surface area contributed by atoms with E-state index in [4.69, 9.17) is 10.5 Å². The van der Waals surface area contributed by atoms with E-state index in [0.29, 0.717) is 5.41 Å². The molecule has 0 atom stereocenters. The van der Waals surface area contributed by atoms with Crippen LogP contribution < -0.4 is 10.5 Å². The van der Waals surface area contributed by atoms with Crippen LogP contribution in [0.1, 0.15) is 63.5 Å². The maximum atomic E-state index is 6.68. The number of nitrogens with two attached hydrogens (primary N) is 1. The number of benzene rings is 1. The van der Waals surface area contributed by atoms with Gasteiger partial charge in [0.05, 0.1) is 7.11 Å². The number of hydrogen-bond donors (Lipinski definition) is 1. The molecule has 0 spiro atoms. The first-order valence-corrected chi connectivity index (χ1v) is 7.92. The molecule has 1 aromatic carbocycles. The molecule has 1 saturated carbocycles. The molecule has 0 unspecified atom stereocenters. The first kappa shape index (κ1) is 15.4. The van der Waals surface area contributed by atoms with E-state index in [1.165, 1.54) is 36.8 Å². The molecule has 1 fully saturated rings. The van der Waals surface area contributed by atoms with E-state index in [2.05, 4.69) is 39.0 Å². The second-order valence-electron chi connectivity index (χ2n) is 6.69. The average molecular weight is 275 g/mol. The van der Waals surface area contributed by atoms with E-state index in [0.717, 1.165) is 18.6 Å². The maximum Gasteiger partial charge on any atom is 0.122 e. The van der Waals surface area contributed by atoms with Gasteiger partial charge >= 0.3 is 0 Å². The van der Waals surface area contributed by atoms with Crippen molar-refractivity contribution in [2.24, 2.45) is 11.1 Å². The van der Waals surface area contributed by atoms with Crippen LogP contribution >= 0.6 is 0 Å². The molecule has 0 bridgehead atoms. The summed E-state index contributed by atoms with van der Waals surface area (Å²) in [5.74, 6) is 0.954. The van der Waals surface area contributed by atoms with Crippen LogP contribution in [0.3, 0.4) is 0 Å². The predicted molar refractivity (Wildman–Crippen MR) is 85.1 cm³/mol. The first-order chi connectivity index (χ1) is 9.48. The molecule has 112 valence electrons. The van der Waals surface area contributed by atoms with Crippen molar-refractivity contribution in [2.45, 2.75) is 64.8 Å². The topological polar surface area (TPSA) is 35.2 Å². The number of hydrogen-bond acceptors (Lipinski definition) is 2. The third-order valence-corrected chi connectivity index (χ3v) is 4.92. The molecule has 1 aromatic rings. The molecular weight excluding hydrogens is 246 g/mol. The summed E-state index contributed by atoms with van der Waals surface area (Å²) in [5, 5.41) is 0. The van der Waals surface area contributed by atoms with Gasteiger partial charge in [-0.15, -0.1) is 0 Å². The fourth-order valence-corrected chi connectivity index (χ4v) is 4.16. The van der Waals surface area contributed by atoms with Gasteiger partial charge in [0, 0.05) is 5.54 Å². The number of aryl methyl sites for hydroxylation is 1. The Labute approximate surface area is 123 Å². The Kier molecular flexibility index (Phi) is 4.43. The zero-order valence-electron chi connectivity index (χ0n) is 13.5. The largest absolute Gasteiger partial charge is 0.496 e. The number of ether oxygens (including phenoxy) is 1. The van der Waals surface area contributed by atoms with Gasteiger partial charge in [0.15, 0.2) is 0 Å². The first-order valence-electron chi connectivity index (χ1n) is 7.92. The standard InChI is InChI=1S/C18H29NO/c1-5-9-17(10-6-2)12-18(19,13-17)15-8-7-14(3)16(11-15)20-4/h7-8,11H,5-6,9-10,12-13,19H2,1-4H3. The summed E-state index contributed by atoms with van der Waals surface area (Å²) in [6.07, 6.45) is 7.37. The summed E-state index contributed by atoms with van der Waals surface area (Å²) in [6, 6.07) is 6.44. The molecule has 0 amide bonds. The van der Waals surface area contributed by atoms with E-state index >= 15 is 0 Å². The second-order valence-corrected chi connectivity index (χ2v) is 6.69. The number of rotatable bonds is 6. The van der Waals surface area contributed by atoms with Crippen LogP contribution in [0.2, 0.25) is 0 Å².